The predicted octanol–water partition coefficient (Wildman–Crippen LogP) is 8.14. The number of unbranched alkanes of at least 4 members (excludes halogenated alkanes) is 8. The maximum atomic E-state index is 13.2. The lowest BCUT2D eigenvalue weighted by molar-refractivity contribution is -0.116. The number of piperidine rings is 1. The Kier molecular flexibility index (Phi) is 13.4. The van der Waals surface area contributed by atoms with E-state index in [-0.39, 0.29) is 17.9 Å². The molecule has 0 radical (unpaired) electrons. The lowest BCUT2D eigenvalue weighted by atomic mass is 9.89. The van der Waals surface area contributed by atoms with E-state index in [0.717, 1.165) is 50.9 Å². The first-order chi connectivity index (χ1) is 19.0. The SMILES string of the molecule is CCCCCCCCCCCC(=O)Nc1ccc(N2CCC(Cc3ccccc3)CC2)c(C(=O)NC(C)C)c1. The van der Waals surface area contributed by atoms with Crippen LogP contribution in [0.2, 0.25) is 0 Å². The van der Waals surface area contributed by atoms with Gasteiger partial charge in [-0.1, -0.05) is 88.6 Å². The average Bonchev–Trinajstić information content (AvgIpc) is 2.93. The minimum Gasteiger partial charge on any atom is -0.371 e. The van der Waals surface area contributed by atoms with Crippen LogP contribution < -0.4 is 15.5 Å². The highest BCUT2D eigenvalue weighted by Gasteiger charge is 2.24. The zero-order valence-electron chi connectivity index (χ0n) is 24.6. The maximum Gasteiger partial charge on any atom is 0.253 e. The third-order valence-corrected chi connectivity index (χ3v) is 7.77. The molecule has 5 nitrogen and oxygen atoms in total. The van der Waals surface area contributed by atoms with Gasteiger partial charge in [0.1, 0.15) is 0 Å². The molecule has 1 fully saturated rings. The molecule has 1 heterocycles. The summed E-state index contributed by atoms with van der Waals surface area (Å²) in [5.74, 6) is 0.611. The summed E-state index contributed by atoms with van der Waals surface area (Å²) in [6.45, 7) is 8.07. The molecule has 0 aromatic heterocycles. The zero-order valence-corrected chi connectivity index (χ0v) is 24.6. The van der Waals surface area contributed by atoms with Crippen LogP contribution in [0.5, 0.6) is 0 Å². The van der Waals surface area contributed by atoms with Crippen LogP contribution in [0.3, 0.4) is 0 Å². The van der Waals surface area contributed by atoms with Crippen LogP contribution in [0.4, 0.5) is 11.4 Å². The molecule has 2 aromatic carbocycles. The first-order valence-electron chi connectivity index (χ1n) is 15.5. The summed E-state index contributed by atoms with van der Waals surface area (Å²) < 4.78 is 0. The van der Waals surface area contributed by atoms with Gasteiger partial charge in [0.2, 0.25) is 5.91 Å². The van der Waals surface area contributed by atoms with Gasteiger partial charge >= 0.3 is 0 Å². The molecule has 0 atom stereocenters. The molecule has 2 aromatic rings. The van der Waals surface area contributed by atoms with Gasteiger partial charge in [-0.2, -0.15) is 0 Å². The molecule has 1 aliphatic heterocycles. The van der Waals surface area contributed by atoms with Gasteiger partial charge in [0, 0.05) is 36.9 Å². The number of hydrogen-bond acceptors (Lipinski definition) is 3. The number of rotatable bonds is 16. The quantitative estimate of drug-likeness (QED) is 0.214. The topological polar surface area (TPSA) is 61.4 Å². The van der Waals surface area contributed by atoms with Gasteiger partial charge in [0.05, 0.1) is 5.56 Å². The van der Waals surface area contributed by atoms with E-state index in [1.165, 1.54) is 50.5 Å². The van der Waals surface area contributed by atoms with Crippen molar-refractivity contribution in [2.24, 2.45) is 5.92 Å². The maximum absolute atomic E-state index is 13.2. The molecule has 0 spiro atoms. The van der Waals surface area contributed by atoms with Crippen molar-refractivity contribution in [1.29, 1.82) is 0 Å². The van der Waals surface area contributed by atoms with E-state index in [2.05, 4.69) is 52.8 Å². The molecule has 0 saturated carbocycles. The van der Waals surface area contributed by atoms with Gasteiger partial charge in [0.15, 0.2) is 0 Å². The molecular formula is C34H51N3O2. The number of hydrogen-bond donors (Lipinski definition) is 2. The number of carbonyl (C=O) groups is 2. The summed E-state index contributed by atoms with van der Waals surface area (Å²) in [4.78, 5) is 28.1. The molecule has 39 heavy (non-hydrogen) atoms. The molecule has 0 aliphatic carbocycles. The van der Waals surface area contributed by atoms with Crippen LogP contribution in [-0.4, -0.2) is 30.9 Å². The minimum atomic E-state index is -0.0820. The second-order valence-electron chi connectivity index (χ2n) is 11.6. The van der Waals surface area contributed by atoms with E-state index >= 15 is 0 Å². The number of carbonyl (C=O) groups excluding carboxylic acids is 2. The monoisotopic (exact) mass is 533 g/mol. The Labute approximate surface area is 237 Å². The van der Waals surface area contributed by atoms with Crippen molar-refractivity contribution >= 4 is 23.2 Å². The Bertz CT molecular complexity index is 997. The normalized spacial score (nSPS) is 14.0. The van der Waals surface area contributed by atoms with Crippen molar-refractivity contribution in [3.8, 4) is 0 Å². The summed E-state index contributed by atoms with van der Waals surface area (Å²) in [6, 6.07) is 16.6. The second kappa shape index (κ2) is 17.0. The summed E-state index contributed by atoms with van der Waals surface area (Å²) >= 11 is 0. The zero-order chi connectivity index (χ0) is 27.9. The predicted molar refractivity (Wildman–Crippen MR) is 165 cm³/mol. The molecule has 2 amide bonds. The van der Waals surface area contributed by atoms with Gasteiger partial charge in [-0.05, 0) is 69.2 Å². The molecular weight excluding hydrogens is 482 g/mol. The summed E-state index contributed by atoms with van der Waals surface area (Å²) in [7, 11) is 0. The lowest BCUT2D eigenvalue weighted by Gasteiger charge is -2.35. The van der Waals surface area contributed by atoms with E-state index < -0.39 is 0 Å². The van der Waals surface area contributed by atoms with Crippen molar-refractivity contribution in [3.05, 3.63) is 59.7 Å². The van der Waals surface area contributed by atoms with Crippen LogP contribution in [0, 0.1) is 5.92 Å². The minimum absolute atomic E-state index is 0.0302. The third-order valence-electron chi connectivity index (χ3n) is 7.77. The second-order valence-corrected chi connectivity index (χ2v) is 11.6. The van der Waals surface area contributed by atoms with Crippen molar-refractivity contribution in [2.45, 2.75) is 110 Å². The van der Waals surface area contributed by atoms with Gasteiger partial charge in [-0.25, -0.2) is 0 Å². The van der Waals surface area contributed by atoms with Crippen LogP contribution in [0.1, 0.15) is 114 Å². The van der Waals surface area contributed by atoms with Gasteiger partial charge in [0.25, 0.3) is 5.91 Å². The first-order valence-corrected chi connectivity index (χ1v) is 15.5. The van der Waals surface area contributed by atoms with E-state index in [1.54, 1.807) is 0 Å². The van der Waals surface area contributed by atoms with Gasteiger partial charge in [-0.3, -0.25) is 9.59 Å². The van der Waals surface area contributed by atoms with Crippen molar-refractivity contribution in [3.63, 3.8) is 0 Å². The van der Waals surface area contributed by atoms with Crippen molar-refractivity contribution in [1.82, 2.24) is 5.32 Å². The highest BCUT2D eigenvalue weighted by molar-refractivity contribution is 6.02. The molecule has 214 valence electrons. The van der Waals surface area contributed by atoms with Crippen LogP contribution >= 0.6 is 0 Å². The number of nitrogens with one attached hydrogen (secondary N) is 2. The Hall–Kier alpha value is -2.82. The Morgan fingerprint density at radius 2 is 1.51 bits per heavy atom. The Balaban J connectivity index is 1.52. The molecule has 0 bridgehead atoms. The first kappa shape index (κ1) is 30.7. The highest BCUT2D eigenvalue weighted by atomic mass is 16.2. The summed E-state index contributed by atoms with van der Waals surface area (Å²) in [5, 5.41) is 6.09. The van der Waals surface area contributed by atoms with Gasteiger partial charge < -0.3 is 15.5 Å². The smallest absolute Gasteiger partial charge is 0.253 e. The largest absolute Gasteiger partial charge is 0.371 e. The number of benzene rings is 2. The van der Waals surface area contributed by atoms with Crippen LogP contribution in [0.25, 0.3) is 0 Å². The van der Waals surface area contributed by atoms with E-state index in [0.29, 0.717) is 23.6 Å². The Morgan fingerprint density at radius 3 is 2.15 bits per heavy atom. The van der Waals surface area contributed by atoms with Crippen LogP contribution in [0.15, 0.2) is 48.5 Å². The molecule has 3 rings (SSSR count). The van der Waals surface area contributed by atoms with Crippen molar-refractivity contribution < 1.29 is 9.59 Å². The molecule has 5 heteroatoms. The highest BCUT2D eigenvalue weighted by Crippen LogP contribution is 2.30. The fraction of sp³-hybridized carbons (Fsp3) is 0.588. The van der Waals surface area contributed by atoms with E-state index in [4.69, 9.17) is 0 Å². The van der Waals surface area contributed by atoms with Crippen molar-refractivity contribution in [2.75, 3.05) is 23.3 Å². The molecule has 2 N–H and O–H groups in total. The average molecular weight is 534 g/mol. The molecule has 1 saturated heterocycles. The standard InChI is InChI=1S/C34H51N3O2/c1-4-5-6-7-8-9-10-11-15-18-33(38)36-30-19-20-32(31(26-30)34(39)35-27(2)3)37-23-21-29(22-24-37)25-28-16-13-12-14-17-28/h12-14,16-17,19-20,26-27,29H,4-11,15,18,21-25H2,1-3H3,(H,35,39)(H,36,38). The lowest BCUT2D eigenvalue weighted by Crippen LogP contribution is -2.37. The number of nitrogens with zero attached hydrogens (tertiary/aromatic N) is 1. The van der Waals surface area contributed by atoms with E-state index in [1.807, 2.05) is 32.0 Å². The van der Waals surface area contributed by atoms with Gasteiger partial charge in [-0.15, -0.1) is 0 Å². The number of anilines is 2. The molecule has 0 unspecified atom stereocenters. The Morgan fingerprint density at radius 1 is 0.872 bits per heavy atom. The molecule has 1 aliphatic rings. The number of amides is 2. The fourth-order valence-electron chi connectivity index (χ4n) is 5.56. The summed E-state index contributed by atoms with van der Waals surface area (Å²) in [5.41, 5.74) is 3.71. The fourth-order valence-corrected chi connectivity index (χ4v) is 5.56. The van der Waals surface area contributed by atoms with Crippen LogP contribution in [-0.2, 0) is 11.2 Å². The van der Waals surface area contributed by atoms with E-state index in [9.17, 15) is 9.59 Å². The third kappa shape index (κ3) is 11.1. The summed E-state index contributed by atoms with van der Waals surface area (Å²) in [6.07, 6.45) is 15.0.